The molecule has 0 N–H and O–H groups in total. The van der Waals surface area contributed by atoms with Crippen LogP contribution >= 0.6 is 0 Å². The number of benzene rings is 1. The van der Waals surface area contributed by atoms with Crippen molar-refractivity contribution >= 4 is 23.0 Å². The van der Waals surface area contributed by atoms with Crippen molar-refractivity contribution in [2.24, 2.45) is 7.05 Å². The van der Waals surface area contributed by atoms with Gasteiger partial charge < -0.3 is 23.8 Å². The highest BCUT2D eigenvalue weighted by Crippen LogP contribution is 2.26. The van der Waals surface area contributed by atoms with Crippen molar-refractivity contribution in [3.8, 4) is 11.6 Å². The summed E-state index contributed by atoms with van der Waals surface area (Å²) in [7, 11) is 4.13. The van der Waals surface area contributed by atoms with Gasteiger partial charge in [-0.3, -0.25) is 4.79 Å². The first kappa shape index (κ1) is 22.1. The second-order valence-electron chi connectivity index (χ2n) is 8.27. The molecular weight excluding hydrogens is 406 g/mol. The molecule has 3 aromatic rings. The summed E-state index contributed by atoms with van der Waals surface area (Å²) < 4.78 is 13.1. The number of fused-ring (bicyclic) bond motifs is 1. The molecule has 3 heterocycles. The predicted molar refractivity (Wildman–Crippen MR) is 124 cm³/mol. The fraction of sp³-hybridized carbons (Fsp3) is 0.458. The molecule has 0 radical (unpaired) electrons. The largest absolute Gasteiger partial charge is 0.485 e. The van der Waals surface area contributed by atoms with E-state index >= 15 is 0 Å². The molecule has 1 saturated carbocycles. The van der Waals surface area contributed by atoms with Gasteiger partial charge in [-0.25, -0.2) is 9.97 Å². The molecule has 2 aromatic heterocycles. The van der Waals surface area contributed by atoms with Crippen molar-refractivity contribution in [1.82, 2.24) is 19.4 Å². The van der Waals surface area contributed by atoms with Crippen LogP contribution in [0.2, 0.25) is 0 Å². The van der Waals surface area contributed by atoms with Gasteiger partial charge in [-0.2, -0.15) is 0 Å². The third-order valence-electron chi connectivity index (χ3n) is 5.99. The first-order valence-electron chi connectivity index (χ1n) is 11.2. The fourth-order valence-electron chi connectivity index (χ4n) is 3.79. The van der Waals surface area contributed by atoms with E-state index in [1.807, 2.05) is 48.1 Å². The van der Waals surface area contributed by atoms with Crippen LogP contribution in [0.15, 0.2) is 42.9 Å². The Bertz CT molecular complexity index is 1030. The topological polar surface area (TPSA) is 72.7 Å². The first-order chi connectivity index (χ1) is 15.6. The number of anilines is 1. The zero-order valence-corrected chi connectivity index (χ0v) is 18.8. The van der Waals surface area contributed by atoms with E-state index in [9.17, 15) is 4.79 Å². The molecule has 2 fully saturated rings. The van der Waals surface area contributed by atoms with Crippen molar-refractivity contribution in [1.29, 1.82) is 0 Å². The Labute approximate surface area is 188 Å². The number of rotatable bonds is 6. The molecule has 1 aromatic carbocycles. The quantitative estimate of drug-likeness (QED) is 0.549. The molecule has 32 heavy (non-hydrogen) atoms. The lowest BCUT2D eigenvalue weighted by molar-refractivity contribution is -0.109. The van der Waals surface area contributed by atoms with E-state index in [2.05, 4.69) is 26.8 Å². The van der Waals surface area contributed by atoms with Crippen LogP contribution in [-0.4, -0.2) is 71.7 Å². The Balaban J connectivity index is 0.000000158. The maximum atomic E-state index is 10.2. The molecule has 0 bridgehead atoms. The summed E-state index contributed by atoms with van der Waals surface area (Å²) in [5.74, 6) is 2.48. The van der Waals surface area contributed by atoms with E-state index in [1.54, 1.807) is 6.33 Å². The maximum absolute atomic E-state index is 10.2. The Kier molecular flexibility index (Phi) is 7.21. The second-order valence-corrected chi connectivity index (χ2v) is 8.27. The van der Waals surface area contributed by atoms with Gasteiger partial charge in [0, 0.05) is 50.9 Å². The number of nitrogens with zero attached hydrogens (tertiary/aromatic N) is 5. The van der Waals surface area contributed by atoms with Gasteiger partial charge in [-0.1, -0.05) is 6.07 Å². The van der Waals surface area contributed by atoms with Crippen molar-refractivity contribution in [2.45, 2.75) is 25.4 Å². The average Bonchev–Trinajstić information content (AvgIpc) is 3.17. The SMILES string of the molecule is CN1CCN(c2cc(OC3CCC3)ncn2)CC1.Cn1ccc2c(OCC=O)cccc21. The van der Waals surface area contributed by atoms with E-state index < -0.39 is 0 Å². The molecule has 170 valence electrons. The number of ether oxygens (including phenoxy) is 2. The van der Waals surface area contributed by atoms with Crippen molar-refractivity contribution < 1.29 is 14.3 Å². The van der Waals surface area contributed by atoms with Gasteiger partial charge in [0.1, 0.15) is 30.6 Å². The minimum Gasteiger partial charge on any atom is -0.485 e. The van der Waals surface area contributed by atoms with E-state index in [0.29, 0.717) is 6.10 Å². The minimum absolute atomic E-state index is 0.105. The van der Waals surface area contributed by atoms with Crippen molar-refractivity contribution in [2.75, 3.05) is 44.7 Å². The Morgan fingerprint density at radius 2 is 1.91 bits per heavy atom. The molecule has 8 nitrogen and oxygen atoms in total. The summed E-state index contributed by atoms with van der Waals surface area (Å²) in [5, 5.41) is 1.04. The van der Waals surface area contributed by atoms with Gasteiger partial charge in [0.2, 0.25) is 5.88 Å². The van der Waals surface area contributed by atoms with Crippen LogP contribution in [0.1, 0.15) is 19.3 Å². The molecule has 0 unspecified atom stereocenters. The lowest BCUT2D eigenvalue weighted by Crippen LogP contribution is -2.44. The van der Waals surface area contributed by atoms with E-state index in [1.165, 1.54) is 6.42 Å². The number of aryl methyl sites for hydroxylation is 1. The number of aldehydes is 1. The second kappa shape index (κ2) is 10.5. The Morgan fingerprint density at radius 3 is 2.62 bits per heavy atom. The van der Waals surface area contributed by atoms with Crippen molar-refractivity contribution in [3.63, 3.8) is 0 Å². The maximum Gasteiger partial charge on any atom is 0.218 e. The number of likely N-dealkylation sites (N-methyl/N-ethyl adjacent to an activating group) is 1. The minimum atomic E-state index is 0.105. The summed E-state index contributed by atoms with van der Waals surface area (Å²) in [6, 6.07) is 9.76. The highest BCUT2D eigenvalue weighted by molar-refractivity contribution is 5.86. The van der Waals surface area contributed by atoms with Gasteiger partial charge in [0.05, 0.1) is 5.52 Å². The number of carbonyl (C=O) groups excluding carboxylic acids is 1. The molecule has 2 aliphatic rings. The average molecular weight is 438 g/mol. The third-order valence-corrected chi connectivity index (χ3v) is 5.99. The smallest absolute Gasteiger partial charge is 0.218 e. The Hall–Kier alpha value is -3.13. The van der Waals surface area contributed by atoms with E-state index in [0.717, 1.165) is 73.7 Å². The molecular formula is C24H31N5O3. The summed E-state index contributed by atoms with van der Waals surface area (Å²) in [5.41, 5.74) is 1.10. The molecule has 8 heteroatoms. The summed E-state index contributed by atoms with van der Waals surface area (Å²) in [6.07, 6.45) is 8.31. The molecule has 0 amide bonds. The van der Waals surface area contributed by atoms with Crippen LogP contribution in [0.3, 0.4) is 0 Å². The number of hydrogen-bond donors (Lipinski definition) is 0. The van der Waals surface area contributed by atoms with E-state index in [4.69, 9.17) is 9.47 Å². The monoisotopic (exact) mass is 437 g/mol. The van der Waals surface area contributed by atoms with Crippen LogP contribution in [0, 0.1) is 0 Å². The van der Waals surface area contributed by atoms with Crippen LogP contribution in [-0.2, 0) is 11.8 Å². The summed E-state index contributed by atoms with van der Waals surface area (Å²) >= 11 is 0. The molecule has 0 spiro atoms. The fourth-order valence-corrected chi connectivity index (χ4v) is 3.79. The lowest BCUT2D eigenvalue weighted by Gasteiger charge is -2.33. The Morgan fingerprint density at radius 1 is 1.09 bits per heavy atom. The molecule has 1 saturated heterocycles. The zero-order valence-electron chi connectivity index (χ0n) is 18.8. The van der Waals surface area contributed by atoms with Gasteiger partial charge in [-0.05, 0) is 44.5 Å². The van der Waals surface area contributed by atoms with Crippen LogP contribution in [0.4, 0.5) is 5.82 Å². The number of aromatic nitrogens is 3. The highest BCUT2D eigenvalue weighted by Gasteiger charge is 2.21. The highest BCUT2D eigenvalue weighted by atomic mass is 16.5. The van der Waals surface area contributed by atoms with Gasteiger partial charge in [0.25, 0.3) is 0 Å². The summed E-state index contributed by atoms with van der Waals surface area (Å²) in [4.78, 5) is 23.4. The molecule has 1 aliphatic heterocycles. The number of piperazine rings is 1. The van der Waals surface area contributed by atoms with Crippen LogP contribution < -0.4 is 14.4 Å². The first-order valence-corrected chi connectivity index (χ1v) is 11.2. The zero-order chi connectivity index (χ0) is 22.3. The normalized spacial score (nSPS) is 16.8. The van der Waals surface area contributed by atoms with Crippen molar-refractivity contribution in [3.05, 3.63) is 42.9 Å². The molecule has 1 aliphatic carbocycles. The van der Waals surface area contributed by atoms with Crippen LogP contribution in [0.5, 0.6) is 11.6 Å². The van der Waals surface area contributed by atoms with E-state index in [-0.39, 0.29) is 6.61 Å². The number of carbonyl (C=O) groups is 1. The molecule has 0 atom stereocenters. The predicted octanol–water partition coefficient (Wildman–Crippen LogP) is 2.92. The molecule has 5 rings (SSSR count). The van der Waals surface area contributed by atoms with Gasteiger partial charge in [-0.15, -0.1) is 0 Å². The number of hydrogen-bond acceptors (Lipinski definition) is 7. The lowest BCUT2D eigenvalue weighted by atomic mass is 9.96. The van der Waals surface area contributed by atoms with Gasteiger partial charge in [0.15, 0.2) is 6.29 Å². The summed E-state index contributed by atoms with van der Waals surface area (Å²) in [6.45, 7) is 4.33. The van der Waals surface area contributed by atoms with Crippen LogP contribution in [0.25, 0.3) is 10.9 Å². The van der Waals surface area contributed by atoms with Gasteiger partial charge >= 0.3 is 0 Å². The standard InChI is InChI=1S/C13H20N4O.C11H11NO2/c1-16-5-7-17(8-6-16)12-9-13(15-10-14-12)18-11-3-2-4-11;1-12-6-5-9-10(12)3-2-4-11(9)14-8-7-13/h9-11H,2-8H2,1H3;2-7H,8H2,1H3. The third kappa shape index (κ3) is 5.37.